The van der Waals surface area contributed by atoms with Crippen molar-refractivity contribution in [3.05, 3.63) is 29.5 Å². The van der Waals surface area contributed by atoms with Crippen LogP contribution < -0.4 is 5.32 Å². The van der Waals surface area contributed by atoms with E-state index in [1.807, 2.05) is 39.0 Å². The van der Waals surface area contributed by atoms with Gasteiger partial charge in [0, 0.05) is 27.7 Å². The quantitative estimate of drug-likeness (QED) is 0.692. The van der Waals surface area contributed by atoms with Crippen LogP contribution in [0.2, 0.25) is 0 Å². The van der Waals surface area contributed by atoms with Gasteiger partial charge in [-0.15, -0.1) is 10.2 Å². The normalized spacial score (nSPS) is 11.9. The summed E-state index contributed by atoms with van der Waals surface area (Å²) in [5, 5.41) is 12.6. The molecule has 2 N–H and O–H groups in total. The van der Waals surface area contributed by atoms with Crippen LogP contribution in [-0.2, 0) is 4.79 Å². The number of nitrogens with zero attached hydrogens (tertiary/aromatic N) is 2. The summed E-state index contributed by atoms with van der Waals surface area (Å²) in [4.78, 5) is 15.2. The van der Waals surface area contributed by atoms with Crippen LogP contribution in [-0.4, -0.2) is 32.4 Å². The molecule has 0 bridgehead atoms. The largest absolute Gasteiger partial charge is 0.411 e. The molecular formula is C18H22N4O2S. The SMILES string of the molecule is Cc1[nH]c2ccc(-c3nnc(SCC(=O)NC(C)(C)C)o3)cc2c1C. The topological polar surface area (TPSA) is 83.8 Å². The second-order valence-corrected chi connectivity index (χ2v) is 8.02. The number of amides is 1. The molecule has 0 radical (unpaired) electrons. The molecular weight excluding hydrogens is 336 g/mol. The zero-order valence-corrected chi connectivity index (χ0v) is 15.9. The molecule has 0 unspecified atom stereocenters. The van der Waals surface area contributed by atoms with Gasteiger partial charge in [-0.2, -0.15) is 0 Å². The molecule has 132 valence electrons. The van der Waals surface area contributed by atoms with Crippen molar-refractivity contribution in [1.82, 2.24) is 20.5 Å². The number of benzene rings is 1. The third kappa shape index (κ3) is 4.04. The third-order valence-electron chi connectivity index (χ3n) is 3.80. The van der Waals surface area contributed by atoms with Crippen LogP contribution >= 0.6 is 11.8 Å². The molecule has 1 amide bonds. The van der Waals surface area contributed by atoms with Gasteiger partial charge in [0.15, 0.2) is 0 Å². The first-order chi connectivity index (χ1) is 11.7. The maximum absolute atomic E-state index is 11.9. The van der Waals surface area contributed by atoms with E-state index >= 15 is 0 Å². The van der Waals surface area contributed by atoms with E-state index in [-0.39, 0.29) is 17.2 Å². The van der Waals surface area contributed by atoms with Crippen molar-refractivity contribution in [3.63, 3.8) is 0 Å². The minimum absolute atomic E-state index is 0.0582. The summed E-state index contributed by atoms with van der Waals surface area (Å²) >= 11 is 1.24. The number of aromatic nitrogens is 3. The van der Waals surface area contributed by atoms with Crippen molar-refractivity contribution in [3.8, 4) is 11.5 Å². The summed E-state index contributed by atoms with van der Waals surface area (Å²) in [7, 11) is 0. The Kier molecular flexibility index (Phi) is 4.60. The predicted octanol–water partition coefficient (Wildman–Crippen LogP) is 3.84. The number of fused-ring (bicyclic) bond motifs is 1. The Bertz CT molecular complexity index is 921. The zero-order valence-electron chi connectivity index (χ0n) is 15.1. The fourth-order valence-corrected chi connectivity index (χ4v) is 3.12. The van der Waals surface area contributed by atoms with Crippen LogP contribution in [0.25, 0.3) is 22.4 Å². The zero-order chi connectivity index (χ0) is 18.2. The number of aryl methyl sites for hydroxylation is 2. The van der Waals surface area contributed by atoms with E-state index in [1.54, 1.807) is 0 Å². The van der Waals surface area contributed by atoms with Crippen molar-refractivity contribution in [2.24, 2.45) is 0 Å². The van der Waals surface area contributed by atoms with Crippen molar-refractivity contribution >= 4 is 28.6 Å². The number of H-pyrrole nitrogens is 1. The van der Waals surface area contributed by atoms with E-state index in [0.29, 0.717) is 11.1 Å². The summed E-state index contributed by atoms with van der Waals surface area (Å²) < 4.78 is 5.70. The van der Waals surface area contributed by atoms with Crippen molar-refractivity contribution in [2.75, 3.05) is 5.75 Å². The molecule has 7 heteroatoms. The van der Waals surface area contributed by atoms with Gasteiger partial charge in [0.2, 0.25) is 11.8 Å². The smallest absolute Gasteiger partial charge is 0.277 e. The van der Waals surface area contributed by atoms with Crippen LogP contribution in [0, 0.1) is 13.8 Å². The molecule has 25 heavy (non-hydrogen) atoms. The number of carbonyl (C=O) groups is 1. The standard InChI is InChI=1S/C18H22N4O2S/c1-10-11(2)19-14-7-6-12(8-13(10)14)16-21-22-17(24-16)25-9-15(23)20-18(3,4)5/h6-8,19H,9H2,1-5H3,(H,20,23). The van der Waals surface area contributed by atoms with Crippen molar-refractivity contribution in [2.45, 2.75) is 45.4 Å². The summed E-state index contributed by atoms with van der Waals surface area (Å²) in [6.07, 6.45) is 0. The van der Waals surface area contributed by atoms with Crippen LogP contribution in [0.3, 0.4) is 0 Å². The van der Waals surface area contributed by atoms with E-state index in [0.717, 1.165) is 22.2 Å². The Hall–Kier alpha value is -2.28. The molecule has 2 aromatic heterocycles. The lowest BCUT2D eigenvalue weighted by molar-refractivity contribution is -0.119. The van der Waals surface area contributed by atoms with Gasteiger partial charge in [0.05, 0.1) is 5.75 Å². The molecule has 3 rings (SSSR count). The fourth-order valence-electron chi connectivity index (χ4n) is 2.56. The molecule has 0 atom stereocenters. The molecule has 0 spiro atoms. The second-order valence-electron chi connectivity index (χ2n) is 7.10. The predicted molar refractivity (Wildman–Crippen MR) is 99.7 cm³/mol. The van der Waals surface area contributed by atoms with E-state index < -0.39 is 0 Å². The lowest BCUT2D eigenvalue weighted by atomic mass is 10.1. The van der Waals surface area contributed by atoms with Crippen LogP contribution in [0.1, 0.15) is 32.0 Å². The lowest BCUT2D eigenvalue weighted by Crippen LogP contribution is -2.41. The van der Waals surface area contributed by atoms with E-state index in [2.05, 4.69) is 34.3 Å². The molecule has 2 heterocycles. The van der Waals surface area contributed by atoms with Gasteiger partial charge in [-0.3, -0.25) is 4.79 Å². The molecule has 6 nitrogen and oxygen atoms in total. The van der Waals surface area contributed by atoms with Gasteiger partial charge in [-0.1, -0.05) is 11.8 Å². The molecule has 0 fully saturated rings. The number of hydrogen-bond donors (Lipinski definition) is 2. The molecule has 3 aromatic rings. The highest BCUT2D eigenvalue weighted by Crippen LogP contribution is 2.28. The number of rotatable bonds is 4. The summed E-state index contributed by atoms with van der Waals surface area (Å²) in [6.45, 7) is 9.98. The van der Waals surface area contributed by atoms with E-state index in [9.17, 15) is 4.79 Å². The minimum atomic E-state index is -0.250. The first kappa shape index (κ1) is 17.5. The van der Waals surface area contributed by atoms with Gasteiger partial charge < -0.3 is 14.7 Å². The van der Waals surface area contributed by atoms with Gasteiger partial charge in [-0.25, -0.2) is 0 Å². The number of aromatic amines is 1. The number of carbonyl (C=O) groups excluding carboxylic acids is 1. The number of nitrogens with one attached hydrogen (secondary N) is 2. The molecule has 1 aromatic carbocycles. The monoisotopic (exact) mass is 358 g/mol. The molecule has 0 aliphatic rings. The maximum atomic E-state index is 11.9. The molecule has 0 saturated heterocycles. The molecule has 0 saturated carbocycles. The molecule has 0 aliphatic heterocycles. The molecule has 0 aliphatic carbocycles. The highest BCUT2D eigenvalue weighted by Gasteiger charge is 2.16. The lowest BCUT2D eigenvalue weighted by Gasteiger charge is -2.19. The first-order valence-electron chi connectivity index (χ1n) is 8.09. The second kappa shape index (κ2) is 6.55. The van der Waals surface area contributed by atoms with Crippen LogP contribution in [0.15, 0.2) is 27.8 Å². The van der Waals surface area contributed by atoms with Crippen molar-refractivity contribution in [1.29, 1.82) is 0 Å². The van der Waals surface area contributed by atoms with Gasteiger partial charge in [0.1, 0.15) is 0 Å². The highest BCUT2D eigenvalue weighted by molar-refractivity contribution is 7.99. The van der Waals surface area contributed by atoms with Crippen LogP contribution in [0.4, 0.5) is 0 Å². The minimum Gasteiger partial charge on any atom is -0.411 e. The summed E-state index contributed by atoms with van der Waals surface area (Å²) in [5.74, 6) is 0.643. The summed E-state index contributed by atoms with van der Waals surface area (Å²) in [6, 6.07) is 6.01. The van der Waals surface area contributed by atoms with Gasteiger partial charge in [0.25, 0.3) is 5.22 Å². The Labute approximate surface area is 150 Å². The van der Waals surface area contributed by atoms with Crippen LogP contribution in [0.5, 0.6) is 0 Å². The highest BCUT2D eigenvalue weighted by atomic mass is 32.2. The Balaban J connectivity index is 1.73. The average molecular weight is 358 g/mol. The third-order valence-corrected chi connectivity index (χ3v) is 4.62. The van der Waals surface area contributed by atoms with Gasteiger partial charge in [-0.05, 0) is 58.4 Å². The first-order valence-corrected chi connectivity index (χ1v) is 9.08. The average Bonchev–Trinajstić information content (AvgIpc) is 3.09. The van der Waals surface area contributed by atoms with Crippen molar-refractivity contribution < 1.29 is 9.21 Å². The maximum Gasteiger partial charge on any atom is 0.277 e. The Morgan fingerprint density at radius 1 is 1.28 bits per heavy atom. The number of hydrogen-bond acceptors (Lipinski definition) is 5. The Morgan fingerprint density at radius 2 is 2.04 bits per heavy atom. The fraction of sp³-hybridized carbons (Fsp3) is 0.389. The van der Waals surface area contributed by atoms with E-state index in [4.69, 9.17) is 4.42 Å². The summed E-state index contributed by atoms with van der Waals surface area (Å²) in [5.41, 5.74) is 4.07. The Morgan fingerprint density at radius 3 is 2.76 bits per heavy atom. The number of thioether (sulfide) groups is 1. The van der Waals surface area contributed by atoms with E-state index in [1.165, 1.54) is 17.3 Å². The van der Waals surface area contributed by atoms with Gasteiger partial charge >= 0.3 is 0 Å².